The third-order valence-corrected chi connectivity index (χ3v) is 18.9. The van der Waals surface area contributed by atoms with Crippen LogP contribution < -0.4 is 52.4 Å². The SMILES string of the molecule is C=O.CC1(C)OB(c2ccc(Cl)cc2N)OC1(C)C.CNc1cc(F)c2c3c1[nH]c1nc(Oc4cnc(C)nc4)nc(c13)-c1ccc(Cl)cc1NC2.CNc1cc(F)cc2c1[nH]c1nc(Oc3cnc(C)nc3)nc(-c3ccc(Cl)cc3N)c12.CNc1cc(F)cc2c1[nH]c1nc(Oc3cnc(C)nc3)nc(Cl)c12. The molecule has 2 aliphatic heterocycles. The van der Waals surface area contributed by atoms with Gasteiger partial charge in [0.25, 0.3) is 0 Å². The molecule has 35 heteroatoms. The van der Waals surface area contributed by atoms with E-state index >= 15 is 4.39 Å². The van der Waals surface area contributed by atoms with Crippen molar-refractivity contribution < 1.29 is 41.5 Å². The maximum absolute atomic E-state index is 15.2. The van der Waals surface area contributed by atoms with Gasteiger partial charge in [0.05, 0.1) is 110 Å². The fraction of sp³-hybridized carbons (Fsp3) is 0.176. The van der Waals surface area contributed by atoms with Crippen LogP contribution in [0.25, 0.3) is 88.3 Å². The van der Waals surface area contributed by atoms with E-state index in [0.29, 0.717) is 156 Å². The molecule has 0 atom stereocenters. The van der Waals surface area contributed by atoms with Crippen LogP contribution in [0.2, 0.25) is 20.2 Å². The summed E-state index contributed by atoms with van der Waals surface area (Å²) in [6, 6.07) is 23.2. The first-order chi connectivity index (χ1) is 52.2. The number of hydrogen-bond donors (Lipinski definition) is 9. The number of carbonyl (C=O) groups is 1. The molecule has 0 aliphatic carbocycles. The topological polar surface area (TPSA) is 365 Å². The number of rotatable bonds is 11. The summed E-state index contributed by atoms with van der Waals surface area (Å²) in [7, 11) is 4.74. The predicted molar refractivity (Wildman–Crippen MR) is 420 cm³/mol. The van der Waals surface area contributed by atoms with Crippen molar-refractivity contribution in [1.82, 2.24) is 74.8 Å². The fourth-order valence-corrected chi connectivity index (χ4v) is 12.9. The molecule has 1 saturated heterocycles. The molecule has 0 saturated carbocycles. The average Bonchev–Trinajstić information content (AvgIpc) is 1.61. The van der Waals surface area contributed by atoms with E-state index in [-0.39, 0.29) is 52.6 Å². The van der Waals surface area contributed by atoms with E-state index < -0.39 is 12.9 Å². The fourth-order valence-electron chi connectivity index (χ4n) is 12.1. The Labute approximate surface area is 639 Å². The number of fused-ring (bicyclic) bond motifs is 8. The second-order valence-electron chi connectivity index (χ2n) is 25.5. The van der Waals surface area contributed by atoms with E-state index in [2.05, 4.69) is 91.0 Å². The third-order valence-electron chi connectivity index (χ3n) is 18.0. The summed E-state index contributed by atoms with van der Waals surface area (Å²) in [5.41, 5.74) is 22.4. The Morgan fingerprint density at radius 2 is 0.908 bits per heavy atom. The monoisotopic (exact) mass is 1550 g/mol. The van der Waals surface area contributed by atoms with Crippen molar-refractivity contribution in [1.29, 1.82) is 0 Å². The highest BCUT2D eigenvalue weighted by Crippen LogP contribution is 2.46. The van der Waals surface area contributed by atoms with Gasteiger partial charge >= 0.3 is 25.1 Å². The van der Waals surface area contributed by atoms with Crippen LogP contribution in [0.5, 0.6) is 35.3 Å². The van der Waals surface area contributed by atoms with E-state index in [1.54, 1.807) is 96.8 Å². The van der Waals surface area contributed by atoms with Gasteiger partial charge in [-0.1, -0.05) is 52.5 Å². The molecule has 1 fully saturated rings. The standard InChI is InChI=1S/C23H17ClFN7O.C22H17ClFN7O.C16H12ClFN6O.C12H17BClNO2.CH2O/c1-10-27-7-12(8-28-10)33-23-31-20-13-4-3-11(24)5-16(13)29-9-14-15(25)6-17(26-2)21-18(14)19(20)22(30-21)32-23;1-10-27-8-13(9-28-10)32-22-30-20(14-4-3-11(23)5-16(14)25)18-15-6-12(24)7-17(26-2)19(15)29-21(18)31-22;1-7-20-5-9(6-21-7)25-16-23-14(17)12-10-3-8(18)4-11(19-2)13(10)22-15(12)24-16;1-11(2)12(3,4)17-13(16-11)9-6-5-8(14)7-10(9)15;1-2/h3-8,26,29H,9H2,1-2H3,(H,30,31,32);3-9,26H,25H2,1-2H3,(H,29,30,31);3-6,19H,1-2H3,(H,22,23,24);5-7H,15H2,1-4H3;1H2. The Bertz CT molecular complexity index is 5990. The third kappa shape index (κ3) is 15.4. The molecule has 0 bridgehead atoms. The van der Waals surface area contributed by atoms with Gasteiger partial charge in [0.2, 0.25) is 0 Å². The number of nitrogens with one attached hydrogen (secondary N) is 7. The first-order valence-electron chi connectivity index (χ1n) is 33.2. The van der Waals surface area contributed by atoms with Crippen LogP contribution in [0.4, 0.5) is 47.3 Å². The lowest BCUT2D eigenvalue weighted by molar-refractivity contribution is -0.0980. The van der Waals surface area contributed by atoms with Crippen LogP contribution in [-0.4, -0.2) is 121 Å². The molecule has 0 unspecified atom stereocenters. The summed E-state index contributed by atoms with van der Waals surface area (Å²) >= 11 is 24.5. The first-order valence-corrected chi connectivity index (χ1v) is 34.7. The zero-order chi connectivity index (χ0) is 77.5. The van der Waals surface area contributed by atoms with E-state index in [1.165, 1.54) is 55.1 Å². The Hall–Kier alpha value is -12.0. The van der Waals surface area contributed by atoms with Gasteiger partial charge in [0, 0.05) is 98.1 Å². The molecule has 17 rings (SSSR count). The Balaban J connectivity index is 0.000000130. The number of nitrogens with two attached hydrogens (primary N) is 2. The molecular weight excluding hydrogens is 1490 g/mol. The van der Waals surface area contributed by atoms with Crippen LogP contribution >= 0.6 is 46.4 Å². The summed E-state index contributed by atoms with van der Waals surface area (Å²) in [4.78, 5) is 69.2. The lowest BCUT2D eigenvalue weighted by atomic mass is 9.78. The van der Waals surface area contributed by atoms with Gasteiger partial charge in [-0.2, -0.15) is 29.9 Å². The van der Waals surface area contributed by atoms with Crippen molar-refractivity contribution in [3.63, 3.8) is 0 Å². The van der Waals surface area contributed by atoms with Crippen molar-refractivity contribution in [3.05, 3.63) is 183 Å². The van der Waals surface area contributed by atoms with E-state index in [9.17, 15) is 8.78 Å². The van der Waals surface area contributed by atoms with Crippen molar-refractivity contribution >= 4 is 166 Å². The maximum atomic E-state index is 15.2. The van der Waals surface area contributed by atoms with E-state index in [0.717, 1.165) is 27.6 Å². The molecule has 11 heterocycles. The van der Waals surface area contributed by atoms with Crippen molar-refractivity contribution in [3.8, 4) is 57.8 Å². The molecular formula is C74H65BCl4F3N21O6. The minimum atomic E-state index is -0.433. The minimum absolute atomic E-state index is 0.0444. The highest BCUT2D eigenvalue weighted by Gasteiger charge is 2.52. The summed E-state index contributed by atoms with van der Waals surface area (Å²) in [6.07, 6.45) is 9.22. The molecule has 0 amide bonds. The number of nitrogens with zero attached hydrogens (tertiary/aromatic N) is 12. The second-order valence-corrected chi connectivity index (χ2v) is 27.2. The van der Waals surface area contributed by atoms with Gasteiger partial charge in [-0.25, -0.2) is 43.1 Å². The van der Waals surface area contributed by atoms with Gasteiger partial charge in [0.1, 0.15) is 63.8 Å². The molecule has 6 aromatic carbocycles. The van der Waals surface area contributed by atoms with Crippen LogP contribution in [0.1, 0.15) is 50.7 Å². The number of benzene rings is 6. The number of anilines is 6. The normalized spacial score (nSPS) is 13.1. The smallest absolute Gasteiger partial charge is 0.421 e. The second kappa shape index (κ2) is 30.7. The van der Waals surface area contributed by atoms with Crippen molar-refractivity contribution in [2.24, 2.45) is 0 Å². The van der Waals surface area contributed by atoms with Crippen LogP contribution in [-0.2, 0) is 20.6 Å². The summed E-state index contributed by atoms with van der Waals surface area (Å²) in [6.45, 7) is 15.7. The quantitative estimate of drug-likeness (QED) is 0.0330. The Morgan fingerprint density at radius 3 is 1.39 bits per heavy atom. The number of H-pyrrole nitrogens is 3. The lowest BCUT2D eigenvalue weighted by Crippen LogP contribution is -2.41. The summed E-state index contributed by atoms with van der Waals surface area (Å²) in [5, 5.41) is 17.9. The zero-order valence-electron chi connectivity index (χ0n) is 59.7. The van der Waals surface area contributed by atoms with Gasteiger partial charge < -0.3 is 76.0 Å². The van der Waals surface area contributed by atoms with Crippen LogP contribution in [0.15, 0.2) is 122 Å². The average molecular weight is 1550 g/mol. The molecule has 109 heavy (non-hydrogen) atoms. The minimum Gasteiger partial charge on any atom is -0.421 e. The van der Waals surface area contributed by atoms with Gasteiger partial charge in [-0.05, 0) is 127 Å². The largest absolute Gasteiger partial charge is 0.496 e. The highest BCUT2D eigenvalue weighted by atomic mass is 35.5. The number of carbonyl (C=O) groups excluding carboxylic acids is 1. The Morgan fingerprint density at radius 1 is 0.495 bits per heavy atom. The molecule has 554 valence electrons. The van der Waals surface area contributed by atoms with Crippen molar-refractivity contribution in [2.45, 2.75) is 66.2 Å². The van der Waals surface area contributed by atoms with Gasteiger partial charge in [0.15, 0.2) is 17.2 Å². The molecule has 0 radical (unpaired) electrons. The van der Waals surface area contributed by atoms with Crippen molar-refractivity contribution in [2.75, 3.05) is 53.9 Å². The van der Waals surface area contributed by atoms with Gasteiger partial charge in [-0.3, -0.25) is 0 Å². The zero-order valence-corrected chi connectivity index (χ0v) is 62.7. The Kier molecular flexibility index (Phi) is 21.2. The number of aromatic amines is 3. The van der Waals surface area contributed by atoms with E-state index in [4.69, 9.17) is 91.2 Å². The highest BCUT2D eigenvalue weighted by molar-refractivity contribution is 6.64. The molecule has 2 aliphatic rings. The lowest BCUT2D eigenvalue weighted by Gasteiger charge is -2.32. The first kappa shape index (κ1) is 75.2. The number of hydrogen-bond acceptors (Lipinski definition) is 24. The number of aryl methyl sites for hydroxylation is 3. The number of ether oxygens (including phenoxy) is 3. The molecule has 15 aromatic rings. The number of nitrogen functional groups attached to an aromatic ring is 2. The summed E-state index contributed by atoms with van der Waals surface area (Å²) in [5.74, 6) is 1.94. The molecule has 9 aromatic heterocycles. The maximum Gasteiger partial charge on any atom is 0.496 e. The summed E-state index contributed by atoms with van der Waals surface area (Å²) < 4.78 is 72.5. The number of halogens is 7. The van der Waals surface area contributed by atoms with Crippen LogP contribution in [0.3, 0.4) is 0 Å². The molecule has 0 spiro atoms. The number of aromatic nitrogens is 15. The van der Waals surface area contributed by atoms with Crippen LogP contribution in [0, 0.1) is 38.2 Å². The van der Waals surface area contributed by atoms with Gasteiger partial charge in [-0.15, -0.1) is 0 Å². The molecule has 27 nitrogen and oxygen atoms in total. The molecule has 11 N–H and O–H groups in total. The van der Waals surface area contributed by atoms with E-state index in [1.807, 2.05) is 46.6 Å². The predicted octanol–water partition coefficient (Wildman–Crippen LogP) is 16.4.